The van der Waals surface area contributed by atoms with Crippen LogP contribution < -0.4 is 5.73 Å². The van der Waals surface area contributed by atoms with Crippen molar-refractivity contribution in [2.24, 2.45) is 5.73 Å². The number of hydrogen-bond donors (Lipinski definition) is 1. The molecule has 0 bridgehead atoms. The van der Waals surface area contributed by atoms with Crippen molar-refractivity contribution < 1.29 is 0 Å². The van der Waals surface area contributed by atoms with Crippen molar-refractivity contribution in [3.63, 3.8) is 0 Å². The Morgan fingerprint density at radius 2 is 2.20 bits per heavy atom. The predicted molar refractivity (Wildman–Crippen MR) is 60.5 cm³/mol. The lowest BCUT2D eigenvalue weighted by Gasteiger charge is -2.09. The molecule has 0 atom stereocenters. The first-order valence-electron chi connectivity index (χ1n) is 5.17. The maximum absolute atomic E-state index is 5.67. The SMILES string of the molecule is Cc1nc2c(CN)ccnc2n1C(C)C. The first-order chi connectivity index (χ1) is 7.15. The molecule has 0 spiro atoms. The van der Waals surface area contributed by atoms with Gasteiger partial charge in [-0.05, 0) is 32.4 Å². The molecule has 0 aliphatic rings. The van der Waals surface area contributed by atoms with Crippen LogP contribution >= 0.6 is 0 Å². The first kappa shape index (κ1) is 10.1. The summed E-state index contributed by atoms with van der Waals surface area (Å²) < 4.78 is 2.13. The normalized spacial score (nSPS) is 11.5. The third-order valence-corrected chi connectivity index (χ3v) is 2.58. The first-order valence-corrected chi connectivity index (χ1v) is 5.17. The highest BCUT2D eigenvalue weighted by Gasteiger charge is 2.12. The van der Waals surface area contributed by atoms with Crippen molar-refractivity contribution in [3.05, 3.63) is 23.7 Å². The minimum Gasteiger partial charge on any atom is -0.326 e. The summed E-state index contributed by atoms with van der Waals surface area (Å²) in [4.78, 5) is 8.90. The minimum absolute atomic E-state index is 0.371. The van der Waals surface area contributed by atoms with Crippen molar-refractivity contribution in [1.29, 1.82) is 0 Å². The lowest BCUT2D eigenvalue weighted by molar-refractivity contribution is 0.595. The van der Waals surface area contributed by atoms with E-state index < -0.39 is 0 Å². The summed E-state index contributed by atoms with van der Waals surface area (Å²) in [6.07, 6.45) is 1.80. The Bertz CT molecular complexity index is 485. The van der Waals surface area contributed by atoms with E-state index in [1.165, 1.54) is 0 Å². The number of aryl methyl sites for hydroxylation is 1. The molecule has 2 aromatic heterocycles. The highest BCUT2D eigenvalue weighted by Crippen LogP contribution is 2.21. The quantitative estimate of drug-likeness (QED) is 0.811. The summed E-state index contributed by atoms with van der Waals surface area (Å²) >= 11 is 0. The summed E-state index contributed by atoms with van der Waals surface area (Å²) in [6, 6.07) is 2.30. The highest BCUT2D eigenvalue weighted by atomic mass is 15.1. The van der Waals surface area contributed by atoms with Gasteiger partial charge in [0.15, 0.2) is 5.65 Å². The van der Waals surface area contributed by atoms with Crippen molar-refractivity contribution in [3.8, 4) is 0 Å². The molecule has 0 unspecified atom stereocenters. The number of fused-ring (bicyclic) bond motifs is 1. The molecule has 0 aromatic carbocycles. The van der Waals surface area contributed by atoms with E-state index in [4.69, 9.17) is 5.73 Å². The van der Waals surface area contributed by atoms with E-state index in [0.717, 1.165) is 22.6 Å². The lowest BCUT2D eigenvalue weighted by atomic mass is 10.2. The smallest absolute Gasteiger partial charge is 0.160 e. The van der Waals surface area contributed by atoms with Crippen LogP contribution in [-0.2, 0) is 6.54 Å². The van der Waals surface area contributed by atoms with E-state index >= 15 is 0 Å². The third-order valence-electron chi connectivity index (χ3n) is 2.58. The fourth-order valence-electron chi connectivity index (χ4n) is 1.93. The molecule has 4 nitrogen and oxygen atoms in total. The van der Waals surface area contributed by atoms with Gasteiger partial charge in [0, 0.05) is 18.8 Å². The molecular weight excluding hydrogens is 188 g/mol. The van der Waals surface area contributed by atoms with Crippen molar-refractivity contribution in [1.82, 2.24) is 14.5 Å². The van der Waals surface area contributed by atoms with Gasteiger partial charge in [0.25, 0.3) is 0 Å². The molecule has 2 heterocycles. The highest BCUT2D eigenvalue weighted by molar-refractivity contribution is 5.75. The predicted octanol–water partition coefficient (Wildman–Crippen LogP) is 1.78. The zero-order valence-electron chi connectivity index (χ0n) is 9.36. The standard InChI is InChI=1S/C11H16N4/c1-7(2)15-8(3)14-10-9(6-12)4-5-13-11(10)15/h4-5,7H,6,12H2,1-3H3. The van der Waals surface area contributed by atoms with Gasteiger partial charge in [-0.1, -0.05) is 0 Å². The van der Waals surface area contributed by atoms with Gasteiger partial charge in [-0.15, -0.1) is 0 Å². The molecular formula is C11H16N4. The lowest BCUT2D eigenvalue weighted by Crippen LogP contribution is -2.04. The molecule has 2 aromatic rings. The van der Waals surface area contributed by atoms with Gasteiger partial charge in [-0.25, -0.2) is 9.97 Å². The van der Waals surface area contributed by atoms with E-state index in [-0.39, 0.29) is 0 Å². The second kappa shape index (κ2) is 3.62. The van der Waals surface area contributed by atoms with Crippen LogP contribution in [0.25, 0.3) is 11.2 Å². The number of aromatic nitrogens is 3. The van der Waals surface area contributed by atoms with E-state index in [0.29, 0.717) is 12.6 Å². The number of nitrogens with zero attached hydrogens (tertiary/aromatic N) is 3. The fraction of sp³-hybridized carbons (Fsp3) is 0.455. The maximum Gasteiger partial charge on any atom is 0.160 e. The van der Waals surface area contributed by atoms with E-state index in [1.54, 1.807) is 6.20 Å². The molecule has 0 saturated heterocycles. The molecule has 2 rings (SSSR count). The topological polar surface area (TPSA) is 56.7 Å². The maximum atomic E-state index is 5.67. The van der Waals surface area contributed by atoms with Crippen LogP contribution in [0.2, 0.25) is 0 Å². The van der Waals surface area contributed by atoms with Gasteiger partial charge in [-0.2, -0.15) is 0 Å². The average molecular weight is 204 g/mol. The van der Waals surface area contributed by atoms with Crippen LogP contribution in [0.3, 0.4) is 0 Å². The summed E-state index contributed by atoms with van der Waals surface area (Å²) in [7, 11) is 0. The van der Waals surface area contributed by atoms with E-state index in [9.17, 15) is 0 Å². The number of imidazole rings is 1. The van der Waals surface area contributed by atoms with Crippen LogP contribution in [0.1, 0.15) is 31.3 Å². The molecule has 0 amide bonds. The Balaban J connectivity index is 2.78. The summed E-state index contributed by atoms with van der Waals surface area (Å²) in [5.41, 5.74) is 8.60. The minimum atomic E-state index is 0.371. The van der Waals surface area contributed by atoms with E-state index in [1.807, 2.05) is 13.0 Å². The zero-order chi connectivity index (χ0) is 11.0. The van der Waals surface area contributed by atoms with Crippen LogP contribution in [0, 0.1) is 6.92 Å². The molecule has 0 aliphatic carbocycles. The second-order valence-electron chi connectivity index (χ2n) is 3.97. The third kappa shape index (κ3) is 1.51. The summed E-state index contributed by atoms with van der Waals surface area (Å²) in [5.74, 6) is 0.994. The Hall–Kier alpha value is -1.42. The molecule has 4 heteroatoms. The molecule has 80 valence electrons. The van der Waals surface area contributed by atoms with Gasteiger partial charge in [-0.3, -0.25) is 0 Å². The Kier molecular flexibility index (Phi) is 2.44. The van der Waals surface area contributed by atoms with Gasteiger partial charge in [0.1, 0.15) is 11.3 Å². The van der Waals surface area contributed by atoms with Crippen LogP contribution in [-0.4, -0.2) is 14.5 Å². The van der Waals surface area contributed by atoms with Crippen molar-refractivity contribution in [2.45, 2.75) is 33.4 Å². The molecule has 0 radical (unpaired) electrons. The monoisotopic (exact) mass is 204 g/mol. The number of nitrogens with two attached hydrogens (primary N) is 1. The molecule has 0 fully saturated rings. The number of pyridine rings is 1. The second-order valence-corrected chi connectivity index (χ2v) is 3.97. The Labute approximate surface area is 89.1 Å². The summed E-state index contributed by atoms with van der Waals surface area (Å²) in [5, 5.41) is 0. The van der Waals surface area contributed by atoms with Gasteiger partial charge >= 0.3 is 0 Å². The van der Waals surface area contributed by atoms with Crippen molar-refractivity contribution >= 4 is 11.2 Å². The van der Waals surface area contributed by atoms with Crippen LogP contribution in [0.4, 0.5) is 0 Å². The molecule has 0 aliphatic heterocycles. The van der Waals surface area contributed by atoms with Crippen molar-refractivity contribution in [2.75, 3.05) is 0 Å². The molecule has 15 heavy (non-hydrogen) atoms. The number of rotatable bonds is 2. The van der Waals surface area contributed by atoms with Crippen LogP contribution in [0.15, 0.2) is 12.3 Å². The van der Waals surface area contributed by atoms with Gasteiger partial charge in [0.05, 0.1) is 0 Å². The Morgan fingerprint density at radius 1 is 1.47 bits per heavy atom. The zero-order valence-corrected chi connectivity index (χ0v) is 9.36. The fourth-order valence-corrected chi connectivity index (χ4v) is 1.93. The molecule has 0 saturated carbocycles. The van der Waals surface area contributed by atoms with Gasteiger partial charge < -0.3 is 10.3 Å². The number of hydrogen-bond acceptors (Lipinski definition) is 3. The van der Waals surface area contributed by atoms with Gasteiger partial charge in [0.2, 0.25) is 0 Å². The largest absolute Gasteiger partial charge is 0.326 e. The molecule has 2 N–H and O–H groups in total. The average Bonchev–Trinajstić information content (AvgIpc) is 2.53. The van der Waals surface area contributed by atoms with E-state index in [2.05, 4.69) is 28.4 Å². The Morgan fingerprint density at radius 3 is 2.80 bits per heavy atom. The van der Waals surface area contributed by atoms with Crippen LogP contribution in [0.5, 0.6) is 0 Å². The summed E-state index contributed by atoms with van der Waals surface area (Å²) in [6.45, 7) is 6.77.